The zero-order valence-corrected chi connectivity index (χ0v) is 23.8. The average molecular weight is 679 g/mol. The zero-order chi connectivity index (χ0) is 29.4. The van der Waals surface area contributed by atoms with E-state index in [1.807, 2.05) is 0 Å². The summed E-state index contributed by atoms with van der Waals surface area (Å²) in [5, 5.41) is 6.05. The van der Waals surface area contributed by atoms with Crippen LogP contribution in [0.2, 0.25) is 0 Å². The normalized spacial score (nSPS) is 15.0. The van der Waals surface area contributed by atoms with Gasteiger partial charge in [0.1, 0.15) is 15.1 Å². The lowest BCUT2D eigenvalue weighted by molar-refractivity contribution is -0.141. The number of carbonyl (C=O) groups is 1. The van der Waals surface area contributed by atoms with Crippen molar-refractivity contribution in [1.82, 2.24) is 14.3 Å². The average Bonchev–Trinajstić information content (AvgIpc) is 3.67. The first kappa shape index (κ1) is 29.0. The van der Waals surface area contributed by atoms with Crippen molar-refractivity contribution < 1.29 is 22.4 Å². The third kappa shape index (κ3) is 6.22. The zero-order valence-electron chi connectivity index (χ0n) is 21.7. The van der Waals surface area contributed by atoms with Crippen molar-refractivity contribution in [3.05, 3.63) is 112 Å². The summed E-state index contributed by atoms with van der Waals surface area (Å²) < 4.78 is 57.4. The van der Waals surface area contributed by atoms with Crippen LogP contribution in [0.25, 0.3) is 5.69 Å². The summed E-state index contributed by atoms with van der Waals surface area (Å²) >= 11 is 2.18. The van der Waals surface area contributed by atoms with Gasteiger partial charge in [-0.15, -0.1) is 0 Å². The van der Waals surface area contributed by atoms with E-state index in [2.05, 4.69) is 33.0 Å². The largest absolute Gasteiger partial charge is 0.435 e. The van der Waals surface area contributed by atoms with Gasteiger partial charge in [0.15, 0.2) is 5.69 Å². The van der Waals surface area contributed by atoms with E-state index < -0.39 is 32.8 Å². The number of pyridine rings is 1. The predicted octanol–water partition coefficient (Wildman–Crippen LogP) is 6.23. The first-order valence-electron chi connectivity index (χ1n) is 12.9. The van der Waals surface area contributed by atoms with E-state index in [0.717, 1.165) is 23.9 Å². The standard InChI is InChI=1S/C29H26F4IN5O2/c30-22-10-9-20(28(34,12-11-18-7-8-18)38-13-2-1-6-26(38)40)15-23(22)36-27(41)24-16-25(29(31,32)33)37-39(24)21-5-3-4-19(14-21)17-35/h1-6,9-10,13-16,18H,7-8,11-12,17,35H2,(H,36,41). The van der Waals surface area contributed by atoms with Gasteiger partial charge in [0.2, 0.25) is 0 Å². The Morgan fingerprint density at radius 3 is 2.54 bits per heavy atom. The molecule has 1 aliphatic carbocycles. The summed E-state index contributed by atoms with van der Waals surface area (Å²) in [5.74, 6) is -1.21. The second kappa shape index (κ2) is 11.4. The molecule has 1 fully saturated rings. The minimum absolute atomic E-state index is 0.129. The molecule has 5 rings (SSSR count). The Balaban J connectivity index is 1.53. The molecule has 4 aromatic rings. The molecule has 1 aliphatic rings. The third-order valence-corrected chi connectivity index (χ3v) is 8.75. The molecule has 41 heavy (non-hydrogen) atoms. The Labute approximate surface area is 246 Å². The quantitative estimate of drug-likeness (QED) is 0.125. The summed E-state index contributed by atoms with van der Waals surface area (Å²) in [6.45, 7) is 0.129. The van der Waals surface area contributed by atoms with E-state index in [9.17, 15) is 22.8 Å². The first-order chi connectivity index (χ1) is 19.5. The van der Waals surface area contributed by atoms with E-state index in [1.165, 1.54) is 30.3 Å². The lowest BCUT2D eigenvalue weighted by atomic mass is 9.99. The molecule has 2 aromatic heterocycles. The Morgan fingerprint density at radius 1 is 1.07 bits per heavy atom. The smallest absolute Gasteiger partial charge is 0.326 e. The number of halogens is 5. The molecule has 1 amide bonds. The van der Waals surface area contributed by atoms with Crippen LogP contribution in [0.5, 0.6) is 0 Å². The number of nitrogens with two attached hydrogens (primary N) is 1. The lowest BCUT2D eigenvalue weighted by Crippen LogP contribution is -2.36. The van der Waals surface area contributed by atoms with E-state index in [-0.39, 0.29) is 23.5 Å². The van der Waals surface area contributed by atoms with Crippen LogP contribution in [0.3, 0.4) is 0 Å². The fourth-order valence-corrected chi connectivity index (χ4v) is 5.71. The van der Waals surface area contributed by atoms with Crippen LogP contribution in [0.4, 0.5) is 23.2 Å². The van der Waals surface area contributed by atoms with Crippen molar-refractivity contribution >= 4 is 34.2 Å². The highest BCUT2D eigenvalue weighted by molar-refractivity contribution is 14.1. The molecular formula is C29H26F4IN5O2. The van der Waals surface area contributed by atoms with Gasteiger partial charge in [0.25, 0.3) is 11.5 Å². The minimum Gasteiger partial charge on any atom is -0.326 e. The maximum absolute atomic E-state index is 15.1. The molecule has 3 N–H and O–H groups in total. The van der Waals surface area contributed by atoms with Crippen LogP contribution in [0.15, 0.2) is 77.7 Å². The molecule has 2 heterocycles. The number of benzene rings is 2. The highest BCUT2D eigenvalue weighted by Gasteiger charge is 2.37. The van der Waals surface area contributed by atoms with Crippen molar-refractivity contribution in [1.29, 1.82) is 0 Å². The molecular weight excluding hydrogens is 653 g/mol. The van der Waals surface area contributed by atoms with Gasteiger partial charge in [-0.2, -0.15) is 18.3 Å². The molecule has 0 spiro atoms. The number of alkyl halides is 4. The van der Waals surface area contributed by atoms with Gasteiger partial charge in [-0.25, -0.2) is 9.07 Å². The van der Waals surface area contributed by atoms with E-state index in [0.29, 0.717) is 29.5 Å². The van der Waals surface area contributed by atoms with Crippen LogP contribution in [0, 0.1) is 11.7 Å². The van der Waals surface area contributed by atoms with Crippen LogP contribution in [0.1, 0.15) is 53.0 Å². The maximum Gasteiger partial charge on any atom is 0.435 e. The van der Waals surface area contributed by atoms with Crippen molar-refractivity contribution in [2.24, 2.45) is 11.7 Å². The number of hydrogen-bond donors (Lipinski definition) is 2. The van der Waals surface area contributed by atoms with Gasteiger partial charge in [0, 0.05) is 24.9 Å². The molecule has 1 saturated carbocycles. The highest BCUT2D eigenvalue weighted by atomic mass is 127. The number of nitrogens with one attached hydrogen (secondary N) is 1. The molecule has 0 radical (unpaired) electrons. The van der Waals surface area contributed by atoms with E-state index >= 15 is 4.39 Å². The summed E-state index contributed by atoms with van der Waals surface area (Å²) in [6, 6.07) is 15.9. The third-order valence-electron chi connectivity index (χ3n) is 7.07. The second-order valence-electron chi connectivity index (χ2n) is 10.00. The van der Waals surface area contributed by atoms with E-state index in [4.69, 9.17) is 5.73 Å². The molecule has 1 atom stereocenters. The minimum atomic E-state index is -4.82. The Morgan fingerprint density at radius 2 is 1.85 bits per heavy atom. The van der Waals surface area contributed by atoms with Gasteiger partial charge < -0.3 is 11.1 Å². The topological polar surface area (TPSA) is 94.9 Å². The molecule has 0 aliphatic heterocycles. The van der Waals surface area contributed by atoms with Crippen molar-refractivity contribution in [3.63, 3.8) is 0 Å². The summed E-state index contributed by atoms with van der Waals surface area (Å²) in [6.07, 6.45) is 0.509. The fraction of sp³-hybridized carbons (Fsp3) is 0.276. The number of amides is 1. The molecule has 12 heteroatoms. The van der Waals surface area contributed by atoms with E-state index in [1.54, 1.807) is 41.1 Å². The molecule has 0 bridgehead atoms. The molecule has 0 saturated heterocycles. The number of nitrogens with zero attached hydrogens (tertiary/aromatic N) is 3. The van der Waals surface area contributed by atoms with Crippen LogP contribution < -0.4 is 16.6 Å². The Kier molecular flexibility index (Phi) is 8.06. The fourth-order valence-electron chi connectivity index (χ4n) is 4.67. The summed E-state index contributed by atoms with van der Waals surface area (Å²) in [5.41, 5.74) is 4.86. The molecule has 2 aromatic carbocycles. The van der Waals surface area contributed by atoms with Gasteiger partial charge >= 0.3 is 6.18 Å². The van der Waals surface area contributed by atoms with Crippen LogP contribution in [-0.2, 0) is 16.3 Å². The number of anilines is 1. The number of hydrogen-bond acceptors (Lipinski definition) is 4. The van der Waals surface area contributed by atoms with Gasteiger partial charge in [-0.05, 0) is 82.8 Å². The van der Waals surface area contributed by atoms with Crippen molar-refractivity contribution in [2.75, 3.05) is 5.32 Å². The molecule has 7 nitrogen and oxygen atoms in total. The molecule has 1 unspecified atom stereocenters. The van der Waals surface area contributed by atoms with Crippen molar-refractivity contribution in [2.45, 2.75) is 41.9 Å². The summed E-state index contributed by atoms with van der Waals surface area (Å²) in [4.78, 5) is 26.2. The number of aromatic nitrogens is 3. The van der Waals surface area contributed by atoms with Gasteiger partial charge in [-0.3, -0.25) is 14.2 Å². The number of carbonyl (C=O) groups excluding carboxylic acids is 1. The monoisotopic (exact) mass is 679 g/mol. The second-order valence-corrected chi connectivity index (χ2v) is 11.8. The maximum atomic E-state index is 15.1. The number of rotatable bonds is 9. The summed E-state index contributed by atoms with van der Waals surface area (Å²) in [7, 11) is 0. The van der Waals surface area contributed by atoms with Gasteiger partial charge in [-0.1, -0.05) is 37.1 Å². The van der Waals surface area contributed by atoms with Crippen LogP contribution >= 0.6 is 22.6 Å². The first-order valence-corrected chi connectivity index (χ1v) is 14.0. The highest BCUT2D eigenvalue weighted by Crippen LogP contribution is 2.44. The SMILES string of the molecule is NCc1cccc(-n2nc(C(F)(F)F)cc2C(=O)Nc2cc(C(I)(CCC3CC3)n3ccccc3=O)ccc2F)c1. The Hall–Kier alpha value is -3.52. The van der Waals surface area contributed by atoms with Crippen LogP contribution in [-0.4, -0.2) is 20.3 Å². The Bertz CT molecular complexity index is 1650. The lowest BCUT2D eigenvalue weighted by Gasteiger charge is -2.31. The van der Waals surface area contributed by atoms with Gasteiger partial charge in [0.05, 0.1) is 11.4 Å². The molecule has 214 valence electrons. The van der Waals surface area contributed by atoms with Crippen molar-refractivity contribution in [3.8, 4) is 5.69 Å². The predicted molar refractivity (Wildman–Crippen MR) is 155 cm³/mol.